The molecule has 15 heavy (non-hydrogen) atoms. The number of halogens is 6. The molecule has 0 unspecified atom stereocenters. The predicted octanol–water partition coefficient (Wildman–Crippen LogP) is -1.64. The fourth-order valence-electron chi connectivity index (χ4n) is 0. The summed E-state index contributed by atoms with van der Waals surface area (Å²) in [4.78, 5) is 0. The molecular weight excluding hydrogens is 443 g/mol. The Bertz CT molecular complexity index is 37.0. The minimum absolute atomic E-state index is 0. The molecule has 0 aromatic carbocycles. The Hall–Kier alpha value is 2.47. The molecule has 0 bridgehead atoms. The van der Waals surface area contributed by atoms with Gasteiger partial charge in [-0.2, -0.15) is 0 Å². The average molecular weight is 457 g/mol. The van der Waals surface area contributed by atoms with Crippen LogP contribution in [0.4, 0.5) is 0 Å². The van der Waals surface area contributed by atoms with Crippen molar-refractivity contribution in [1.82, 2.24) is 0 Å². The van der Waals surface area contributed by atoms with E-state index in [0.717, 1.165) is 0 Å². The minimum atomic E-state index is -1.19. The van der Waals surface area contributed by atoms with Crippen LogP contribution in [0.2, 0.25) is 0 Å². The first-order valence-corrected chi connectivity index (χ1v) is 9.35. The van der Waals surface area contributed by atoms with E-state index in [-0.39, 0.29) is 38.3 Å². The molecule has 0 radical (unpaired) electrons. The van der Waals surface area contributed by atoms with Crippen LogP contribution in [0.5, 0.6) is 0 Å². The summed E-state index contributed by atoms with van der Waals surface area (Å²) >= 11 is 0. The van der Waals surface area contributed by atoms with Gasteiger partial charge in [0.15, 0.2) is 0 Å². The summed E-state index contributed by atoms with van der Waals surface area (Å²) in [5, 5.41) is 0. The number of hydrogen-bond acceptors (Lipinski definition) is 0. The summed E-state index contributed by atoms with van der Waals surface area (Å²) in [6.45, 7) is 0. The van der Waals surface area contributed by atoms with Gasteiger partial charge in [0.2, 0.25) is 0 Å². The third kappa shape index (κ3) is 564. The average Bonchev–Trinajstić information content (AvgIpc) is 1.25. The van der Waals surface area contributed by atoms with E-state index < -0.39 is 21.9 Å². The van der Waals surface area contributed by atoms with E-state index in [2.05, 4.69) is 0 Å². The van der Waals surface area contributed by atoms with Crippen LogP contribution in [0.25, 0.3) is 0 Å². The first-order valence-electron chi connectivity index (χ1n) is 0.756. The molecule has 0 amide bonds. The fraction of sp³-hybridized carbons (Fsp3) is 0. The summed E-state index contributed by atoms with van der Waals surface area (Å²) < 4.78 is 0. The molecule has 0 aliphatic carbocycles. The summed E-state index contributed by atoms with van der Waals surface area (Å²) in [7, 11) is 26.8. The maximum atomic E-state index is 4.87. The summed E-state index contributed by atoms with van der Waals surface area (Å²) in [6.07, 6.45) is 0. The van der Waals surface area contributed by atoms with Crippen molar-refractivity contribution >= 4 is 60.9 Å². The van der Waals surface area contributed by atoms with Crippen LogP contribution < -0.4 is 0 Å². The molecule has 116 valence electrons. The van der Waals surface area contributed by atoms with Gasteiger partial charge in [-0.3, -0.25) is 0 Å². The van der Waals surface area contributed by atoms with E-state index in [9.17, 15) is 0 Å². The van der Waals surface area contributed by atoms with Gasteiger partial charge in [-0.1, -0.05) is 0 Å². The first-order chi connectivity index (χ1) is 3.46. The SMILES string of the molecule is O.O.O.O.O.O.O.[Cl][Co]([Cl])[Cl].[Cl][Co]([Cl])[Cl]. The molecule has 0 saturated carbocycles. The van der Waals surface area contributed by atoms with E-state index in [1.165, 1.54) is 0 Å². The van der Waals surface area contributed by atoms with Crippen molar-refractivity contribution in [3.05, 3.63) is 0 Å². The second kappa shape index (κ2) is 54.9. The Kier molecular flexibility index (Phi) is 242. The van der Waals surface area contributed by atoms with Crippen molar-refractivity contribution < 1.29 is 60.2 Å². The van der Waals surface area contributed by atoms with E-state index in [4.69, 9.17) is 60.9 Å². The van der Waals surface area contributed by atoms with Gasteiger partial charge in [0, 0.05) is 0 Å². The molecule has 0 heterocycles. The van der Waals surface area contributed by atoms with Gasteiger partial charge in [0.25, 0.3) is 0 Å². The molecule has 0 aliphatic heterocycles. The summed E-state index contributed by atoms with van der Waals surface area (Å²) in [6, 6.07) is 0. The van der Waals surface area contributed by atoms with Crippen molar-refractivity contribution in [3.8, 4) is 0 Å². The Labute approximate surface area is 120 Å². The van der Waals surface area contributed by atoms with Gasteiger partial charge < -0.3 is 38.3 Å². The molecular formula is H14Cl6Co2O7. The van der Waals surface area contributed by atoms with Crippen LogP contribution in [-0.4, -0.2) is 38.3 Å². The molecule has 7 nitrogen and oxygen atoms in total. The Morgan fingerprint density at radius 1 is 0.333 bits per heavy atom. The summed E-state index contributed by atoms with van der Waals surface area (Å²) in [5.74, 6) is 0. The zero-order chi connectivity index (χ0) is 7.15. The molecule has 14 N–H and O–H groups in total. The van der Waals surface area contributed by atoms with E-state index in [1.54, 1.807) is 0 Å². The topological polar surface area (TPSA) is 220 Å². The van der Waals surface area contributed by atoms with Crippen LogP contribution in [-0.2, 0) is 21.9 Å². The monoisotopic (exact) mass is 454 g/mol. The second-order valence-corrected chi connectivity index (χ2v) is 10.6. The second-order valence-electron chi connectivity index (χ2n) is 0.286. The van der Waals surface area contributed by atoms with E-state index in [0.29, 0.717) is 0 Å². The molecule has 0 saturated heterocycles. The number of rotatable bonds is 0. The first kappa shape index (κ1) is 66.0. The van der Waals surface area contributed by atoms with Crippen molar-refractivity contribution in [2.75, 3.05) is 0 Å². The third-order valence-corrected chi connectivity index (χ3v) is 0. The summed E-state index contributed by atoms with van der Waals surface area (Å²) in [5.41, 5.74) is 0. The van der Waals surface area contributed by atoms with Crippen LogP contribution in [0.1, 0.15) is 0 Å². The third-order valence-electron chi connectivity index (χ3n) is 0. The fourth-order valence-corrected chi connectivity index (χ4v) is 0. The molecule has 0 spiro atoms. The van der Waals surface area contributed by atoms with Gasteiger partial charge in [-0.25, -0.2) is 0 Å². The van der Waals surface area contributed by atoms with Crippen LogP contribution in [0.3, 0.4) is 0 Å². The molecule has 0 aliphatic rings. The Balaban J connectivity index is -0.00000000468. The van der Waals surface area contributed by atoms with Gasteiger partial charge in [-0.15, -0.1) is 0 Å². The molecule has 15 heteroatoms. The van der Waals surface area contributed by atoms with Crippen molar-refractivity contribution in [2.24, 2.45) is 0 Å². The van der Waals surface area contributed by atoms with Gasteiger partial charge in [0.05, 0.1) is 0 Å². The maximum absolute atomic E-state index is 4.87. The molecule has 0 aromatic heterocycles. The normalized spacial score (nSPS) is 6.00. The standard InChI is InChI=1S/6ClH.2Co.7H2O/h6*1H;;;7*1H2/q;;;;;;2*+3;;;;;;;/p-6. The molecule has 0 aromatic rings. The van der Waals surface area contributed by atoms with E-state index in [1.807, 2.05) is 0 Å². The van der Waals surface area contributed by atoms with Crippen LogP contribution in [0, 0.1) is 0 Å². The number of hydrogen-bond donors (Lipinski definition) is 0. The zero-order valence-electron chi connectivity index (χ0n) is 6.43. The Morgan fingerprint density at radius 2 is 0.333 bits per heavy atom. The predicted molar refractivity (Wildman–Crippen MR) is 60.4 cm³/mol. The Morgan fingerprint density at radius 3 is 0.333 bits per heavy atom. The van der Waals surface area contributed by atoms with Gasteiger partial charge >= 0.3 is 82.8 Å². The van der Waals surface area contributed by atoms with Crippen molar-refractivity contribution in [2.45, 2.75) is 0 Å². The van der Waals surface area contributed by atoms with E-state index >= 15 is 0 Å². The van der Waals surface area contributed by atoms with Gasteiger partial charge in [0.1, 0.15) is 0 Å². The molecule has 0 atom stereocenters. The quantitative estimate of drug-likeness (QED) is 0.400. The van der Waals surface area contributed by atoms with Crippen LogP contribution in [0.15, 0.2) is 0 Å². The zero-order valence-corrected chi connectivity index (χ0v) is 13.1. The van der Waals surface area contributed by atoms with Gasteiger partial charge in [-0.05, 0) is 0 Å². The molecule has 0 rings (SSSR count). The van der Waals surface area contributed by atoms with Crippen molar-refractivity contribution in [3.63, 3.8) is 0 Å². The van der Waals surface area contributed by atoms with Crippen LogP contribution >= 0.6 is 60.9 Å². The van der Waals surface area contributed by atoms with Crippen molar-refractivity contribution in [1.29, 1.82) is 0 Å². The molecule has 0 fully saturated rings.